The first-order valence-corrected chi connectivity index (χ1v) is 8.71. The van der Waals surface area contributed by atoms with E-state index in [4.69, 9.17) is 9.15 Å². The van der Waals surface area contributed by atoms with Gasteiger partial charge in [-0.25, -0.2) is 0 Å². The number of ether oxygens (including phenoxy) is 1. The maximum Gasteiger partial charge on any atom is 0.326 e. The zero-order chi connectivity index (χ0) is 18.0. The van der Waals surface area contributed by atoms with Gasteiger partial charge in [-0.3, -0.25) is 9.59 Å². The van der Waals surface area contributed by atoms with Crippen molar-refractivity contribution in [2.45, 2.75) is 27.3 Å². The first kappa shape index (κ1) is 17.2. The maximum absolute atomic E-state index is 12.5. The van der Waals surface area contributed by atoms with Crippen molar-refractivity contribution in [1.29, 1.82) is 0 Å². The molecule has 3 aromatic rings. The Morgan fingerprint density at radius 1 is 1.28 bits per heavy atom. The van der Waals surface area contributed by atoms with Gasteiger partial charge < -0.3 is 13.7 Å². The summed E-state index contributed by atoms with van der Waals surface area (Å²) in [6, 6.07) is 9.28. The lowest BCUT2D eigenvalue weighted by atomic mass is 10.2. The molecule has 0 N–H and O–H groups in total. The summed E-state index contributed by atoms with van der Waals surface area (Å²) in [4.78, 5) is 29.2. The SMILES string of the molecule is CCOC(=O)Cn1c(=NC(=O)c2cc(C)oc2C)sc2ccccc21. The molecule has 1 aromatic carbocycles. The first-order valence-electron chi connectivity index (χ1n) is 7.89. The monoisotopic (exact) mass is 358 g/mol. The average molecular weight is 358 g/mol. The Labute approximate surface area is 148 Å². The van der Waals surface area contributed by atoms with E-state index in [1.165, 1.54) is 11.3 Å². The fourth-order valence-corrected chi connectivity index (χ4v) is 3.61. The molecule has 0 fully saturated rings. The Kier molecular flexibility index (Phi) is 4.85. The van der Waals surface area contributed by atoms with Gasteiger partial charge >= 0.3 is 5.97 Å². The van der Waals surface area contributed by atoms with E-state index < -0.39 is 5.91 Å². The summed E-state index contributed by atoms with van der Waals surface area (Å²) < 4.78 is 13.1. The third-order valence-corrected chi connectivity index (χ3v) is 4.71. The third kappa shape index (κ3) is 3.56. The molecule has 0 aliphatic heterocycles. The molecule has 3 rings (SSSR count). The van der Waals surface area contributed by atoms with Gasteiger partial charge in [0, 0.05) is 0 Å². The number of amides is 1. The fraction of sp³-hybridized carbons (Fsp3) is 0.278. The Hall–Kier alpha value is -2.67. The normalized spacial score (nSPS) is 11.9. The van der Waals surface area contributed by atoms with Gasteiger partial charge in [-0.05, 0) is 39.0 Å². The van der Waals surface area contributed by atoms with E-state index in [0.717, 1.165) is 10.2 Å². The highest BCUT2D eigenvalue weighted by molar-refractivity contribution is 7.16. The number of aromatic nitrogens is 1. The number of aryl methyl sites for hydroxylation is 2. The molecule has 0 saturated carbocycles. The largest absolute Gasteiger partial charge is 0.466 e. The summed E-state index contributed by atoms with van der Waals surface area (Å²) in [5.74, 6) is 0.435. The molecule has 0 atom stereocenters. The number of nitrogens with zero attached hydrogens (tertiary/aromatic N) is 2. The van der Waals surface area contributed by atoms with Crippen LogP contribution in [-0.2, 0) is 16.1 Å². The minimum Gasteiger partial charge on any atom is -0.466 e. The Balaban J connectivity index is 2.09. The highest BCUT2D eigenvalue weighted by Gasteiger charge is 2.15. The standard InChI is InChI=1S/C18H18N2O4S/c1-4-23-16(21)10-20-14-7-5-6-8-15(14)25-18(20)19-17(22)13-9-11(2)24-12(13)3/h5-9H,4,10H2,1-3H3. The molecular weight excluding hydrogens is 340 g/mol. The van der Waals surface area contributed by atoms with E-state index in [1.807, 2.05) is 24.3 Å². The highest BCUT2D eigenvalue weighted by atomic mass is 32.1. The minimum absolute atomic E-state index is 0.00731. The lowest BCUT2D eigenvalue weighted by Crippen LogP contribution is -2.23. The van der Waals surface area contributed by atoms with Crippen LogP contribution in [0, 0.1) is 13.8 Å². The van der Waals surface area contributed by atoms with E-state index in [9.17, 15) is 9.59 Å². The highest BCUT2D eigenvalue weighted by Crippen LogP contribution is 2.18. The van der Waals surface area contributed by atoms with Crippen molar-refractivity contribution < 1.29 is 18.7 Å². The summed E-state index contributed by atoms with van der Waals surface area (Å²) in [6.45, 7) is 5.58. The van der Waals surface area contributed by atoms with Gasteiger partial charge in [0.25, 0.3) is 5.91 Å². The second-order valence-electron chi connectivity index (χ2n) is 5.49. The van der Waals surface area contributed by atoms with E-state index >= 15 is 0 Å². The van der Waals surface area contributed by atoms with Crippen LogP contribution in [0.3, 0.4) is 0 Å². The smallest absolute Gasteiger partial charge is 0.326 e. The molecule has 130 valence electrons. The zero-order valence-electron chi connectivity index (χ0n) is 14.2. The van der Waals surface area contributed by atoms with Crippen molar-refractivity contribution in [2.75, 3.05) is 6.61 Å². The molecule has 0 bridgehead atoms. The van der Waals surface area contributed by atoms with Crippen LogP contribution in [0.4, 0.5) is 0 Å². The van der Waals surface area contributed by atoms with Crippen LogP contribution in [-0.4, -0.2) is 23.1 Å². The first-order chi connectivity index (χ1) is 12.0. The van der Waals surface area contributed by atoms with Crippen molar-refractivity contribution in [1.82, 2.24) is 4.57 Å². The molecule has 7 heteroatoms. The summed E-state index contributed by atoms with van der Waals surface area (Å²) in [5, 5.41) is 0. The van der Waals surface area contributed by atoms with E-state index in [2.05, 4.69) is 4.99 Å². The second-order valence-corrected chi connectivity index (χ2v) is 6.50. The number of hydrogen-bond acceptors (Lipinski definition) is 5. The number of rotatable bonds is 4. The molecule has 0 saturated heterocycles. The molecule has 1 amide bonds. The number of carbonyl (C=O) groups excluding carboxylic acids is 2. The predicted octanol–water partition coefficient (Wildman–Crippen LogP) is 3.22. The summed E-state index contributed by atoms with van der Waals surface area (Å²) in [5.41, 5.74) is 1.27. The lowest BCUT2D eigenvalue weighted by Gasteiger charge is -2.04. The zero-order valence-corrected chi connectivity index (χ0v) is 15.1. The molecule has 2 heterocycles. The molecule has 0 radical (unpaired) electrons. The molecule has 6 nitrogen and oxygen atoms in total. The van der Waals surface area contributed by atoms with Crippen LogP contribution in [0.25, 0.3) is 10.2 Å². The van der Waals surface area contributed by atoms with E-state index in [-0.39, 0.29) is 12.5 Å². The van der Waals surface area contributed by atoms with Crippen molar-refractivity contribution >= 4 is 33.4 Å². The summed E-state index contributed by atoms with van der Waals surface area (Å²) in [7, 11) is 0. The third-order valence-electron chi connectivity index (χ3n) is 3.65. The van der Waals surface area contributed by atoms with E-state index in [0.29, 0.717) is 28.5 Å². The van der Waals surface area contributed by atoms with Crippen molar-refractivity contribution in [3.8, 4) is 0 Å². The number of para-hydroxylation sites is 1. The van der Waals surface area contributed by atoms with Crippen molar-refractivity contribution in [3.05, 3.63) is 52.2 Å². The fourth-order valence-electron chi connectivity index (χ4n) is 2.58. The van der Waals surface area contributed by atoms with Crippen LogP contribution in [0.5, 0.6) is 0 Å². The topological polar surface area (TPSA) is 73.8 Å². The maximum atomic E-state index is 12.5. The predicted molar refractivity (Wildman–Crippen MR) is 94.5 cm³/mol. The van der Waals surface area contributed by atoms with Crippen LogP contribution in [0.1, 0.15) is 28.8 Å². The number of hydrogen-bond donors (Lipinski definition) is 0. The van der Waals surface area contributed by atoms with Gasteiger partial charge in [0.1, 0.15) is 18.1 Å². The van der Waals surface area contributed by atoms with Crippen LogP contribution in [0.2, 0.25) is 0 Å². The summed E-state index contributed by atoms with van der Waals surface area (Å²) >= 11 is 1.36. The van der Waals surface area contributed by atoms with Gasteiger partial charge in [-0.2, -0.15) is 4.99 Å². The number of furan rings is 1. The number of esters is 1. The molecule has 25 heavy (non-hydrogen) atoms. The van der Waals surface area contributed by atoms with Gasteiger partial charge in [0.05, 0.1) is 22.4 Å². The van der Waals surface area contributed by atoms with Crippen molar-refractivity contribution in [2.24, 2.45) is 4.99 Å². The van der Waals surface area contributed by atoms with Crippen LogP contribution >= 0.6 is 11.3 Å². The molecule has 0 aliphatic carbocycles. The molecule has 0 unspecified atom stereocenters. The molecule has 0 aliphatic rings. The van der Waals surface area contributed by atoms with E-state index in [1.54, 1.807) is 31.4 Å². The molecule has 0 spiro atoms. The second kappa shape index (κ2) is 7.06. The van der Waals surface area contributed by atoms with Crippen molar-refractivity contribution in [3.63, 3.8) is 0 Å². The molecule has 2 aromatic heterocycles. The van der Waals surface area contributed by atoms with Gasteiger partial charge in [-0.1, -0.05) is 23.5 Å². The van der Waals surface area contributed by atoms with Gasteiger partial charge in [-0.15, -0.1) is 0 Å². The van der Waals surface area contributed by atoms with Crippen LogP contribution in [0.15, 0.2) is 39.7 Å². The van der Waals surface area contributed by atoms with Gasteiger partial charge in [0.15, 0.2) is 4.80 Å². The Morgan fingerprint density at radius 3 is 2.72 bits per heavy atom. The average Bonchev–Trinajstić information content (AvgIpc) is 3.08. The Bertz CT molecular complexity index is 1010. The number of thiazole rings is 1. The summed E-state index contributed by atoms with van der Waals surface area (Å²) in [6.07, 6.45) is 0. The Morgan fingerprint density at radius 2 is 2.04 bits per heavy atom. The molecular formula is C18H18N2O4S. The quantitative estimate of drug-likeness (QED) is 0.671. The minimum atomic E-state index is -0.390. The number of benzene rings is 1. The van der Waals surface area contributed by atoms with Gasteiger partial charge in [0.2, 0.25) is 0 Å². The van der Waals surface area contributed by atoms with Crippen LogP contribution < -0.4 is 4.80 Å². The number of fused-ring (bicyclic) bond motifs is 1. The lowest BCUT2D eigenvalue weighted by molar-refractivity contribution is -0.143. The number of carbonyl (C=O) groups is 2.